The van der Waals surface area contributed by atoms with Gasteiger partial charge in [-0.05, 0) is 51.6 Å². The quantitative estimate of drug-likeness (QED) is 0.523. The van der Waals surface area contributed by atoms with Crippen molar-refractivity contribution in [3.63, 3.8) is 0 Å². The summed E-state index contributed by atoms with van der Waals surface area (Å²) in [6, 6.07) is 21.0. The van der Waals surface area contributed by atoms with Crippen molar-refractivity contribution in [1.82, 2.24) is 10.1 Å². The van der Waals surface area contributed by atoms with Crippen LogP contribution in [0.1, 0.15) is 53.5 Å². The zero-order chi connectivity index (χ0) is 19.3. The van der Waals surface area contributed by atoms with Gasteiger partial charge in [-0.1, -0.05) is 64.8 Å². The Bertz CT molecular complexity index is 963. The first-order valence-corrected chi connectivity index (χ1v) is 10.4. The Labute approximate surface area is 179 Å². The van der Waals surface area contributed by atoms with Crippen LogP contribution in [0.5, 0.6) is 0 Å². The van der Waals surface area contributed by atoms with Crippen molar-refractivity contribution in [2.75, 3.05) is 7.05 Å². The molecule has 2 saturated heterocycles. The van der Waals surface area contributed by atoms with Crippen molar-refractivity contribution in [3.8, 4) is 11.3 Å². The Balaban J connectivity index is 0.00000205. The van der Waals surface area contributed by atoms with Gasteiger partial charge < -0.3 is 4.52 Å². The smallest absolute Gasteiger partial charge is 0.142 e. The van der Waals surface area contributed by atoms with Gasteiger partial charge in [-0.25, -0.2) is 0 Å². The third kappa shape index (κ3) is 3.62. The van der Waals surface area contributed by atoms with Gasteiger partial charge in [0.2, 0.25) is 0 Å². The van der Waals surface area contributed by atoms with Crippen molar-refractivity contribution < 1.29 is 4.52 Å². The lowest BCUT2D eigenvalue weighted by molar-refractivity contribution is 0.122. The molecule has 2 bridgehead atoms. The van der Waals surface area contributed by atoms with Crippen LogP contribution in [-0.2, 0) is 0 Å². The first-order valence-electron chi connectivity index (χ1n) is 10.4. The molecule has 4 heteroatoms. The molecule has 3 aromatic rings. The average molecular weight is 409 g/mol. The second-order valence-corrected chi connectivity index (χ2v) is 8.72. The van der Waals surface area contributed by atoms with E-state index in [-0.39, 0.29) is 12.4 Å². The third-order valence-electron chi connectivity index (χ3n) is 6.98. The standard InChI is InChI=1S/C25H28N2O.ClH/c1-16-4-8-18(9-5-16)21-14-20-12-13-23(27(20)3)25(21)24-15-22(26-28-24)19-10-6-17(2)7-11-19;/h4-11,15,20-21,23,25H,12-14H2,1-3H3;1H/t20?,21-,23?,25+;/m1./s1. The molecule has 3 nitrogen and oxygen atoms in total. The molecule has 152 valence electrons. The summed E-state index contributed by atoms with van der Waals surface area (Å²) in [6.45, 7) is 4.27. The first-order chi connectivity index (χ1) is 13.6. The van der Waals surface area contributed by atoms with E-state index in [1.54, 1.807) is 0 Å². The highest BCUT2D eigenvalue weighted by Gasteiger charge is 2.48. The number of aromatic nitrogens is 1. The molecular weight excluding hydrogens is 380 g/mol. The summed E-state index contributed by atoms with van der Waals surface area (Å²) in [5.74, 6) is 1.89. The second kappa shape index (κ2) is 7.97. The van der Waals surface area contributed by atoms with Crippen molar-refractivity contribution in [1.29, 1.82) is 0 Å². The monoisotopic (exact) mass is 408 g/mol. The molecule has 0 N–H and O–H groups in total. The molecule has 0 saturated carbocycles. The summed E-state index contributed by atoms with van der Waals surface area (Å²) in [6.07, 6.45) is 3.73. The van der Waals surface area contributed by atoms with E-state index in [0.29, 0.717) is 23.9 Å². The molecule has 5 rings (SSSR count). The Kier molecular flexibility index (Phi) is 5.54. The molecule has 2 aliphatic rings. The molecule has 2 aromatic carbocycles. The minimum atomic E-state index is 0. The highest BCUT2D eigenvalue weighted by molar-refractivity contribution is 5.85. The van der Waals surface area contributed by atoms with Crippen molar-refractivity contribution >= 4 is 12.4 Å². The second-order valence-electron chi connectivity index (χ2n) is 8.72. The number of fused-ring (bicyclic) bond motifs is 2. The number of likely N-dealkylation sites (N-methyl/N-ethyl adjacent to an activating group) is 1. The van der Waals surface area contributed by atoms with E-state index in [1.165, 1.54) is 36.0 Å². The molecule has 1 aromatic heterocycles. The van der Waals surface area contributed by atoms with Crippen LogP contribution in [0.4, 0.5) is 0 Å². The average Bonchev–Trinajstić information content (AvgIpc) is 3.26. The van der Waals surface area contributed by atoms with E-state index in [4.69, 9.17) is 4.52 Å². The molecule has 3 heterocycles. The van der Waals surface area contributed by atoms with Crippen LogP contribution in [0.3, 0.4) is 0 Å². The van der Waals surface area contributed by atoms with E-state index in [1.807, 2.05) is 0 Å². The maximum Gasteiger partial charge on any atom is 0.142 e. The Morgan fingerprint density at radius 2 is 1.59 bits per heavy atom. The fraction of sp³-hybridized carbons (Fsp3) is 0.400. The number of hydrogen-bond acceptors (Lipinski definition) is 3. The summed E-state index contributed by atoms with van der Waals surface area (Å²) < 4.78 is 5.99. The molecule has 0 radical (unpaired) electrons. The minimum Gasteiger partial charge on any atom is -0.360 e. The van der Waals surface area contributed by atoms with Crippen LogP contribution in [0.15, 0.2) is 59.1 Å². The lowest BCUT2D eigenvalue weighted by Gasteiger charge is -2.42. The Morgan fingerprint density at radius 3 is 2.28 bits per heavy atom. The van der Waals surface area contributed by atoms with Gasteiger partial charge in [0.15, 0.2) is 0 Å². The lowest BCUT2D eigenvalue weighted by Crippen LogP contribution is -2.44. The summed E-state index contributed by atoms with van der Waals surface area (Å²) in [7, 11) is 2.29. The largest absolute Gasteiger partial charge is 0.360 e. The van der Waals surface area contributed by atoms with E-state index < -0.39 is 0 Å². The van der Waals surface area contributed by atoms with Crippen molar-refractivity contribution in [2.24, 2.45) is 0 Å². The molecule has 0 aliphatic carbocycles. The summed E-state index contributed by atoms with van der Waals surface area (Å²) in [4.78, 5) is 2.59. The van der Waals surface area contributed by atoms with Crippen LogP contribution < -0.4 is 0 Å². The molecule has 0 amide bonds. The van der Waals surface area contributed by atoms with Gasteiger partial charge in [-0.15, -0.1) is 12.4 Å². The predicted octanol–water partition coefficient (Wildman–Crippen LogP) is 6.11. The number of nitrogens with zero attached hydrogens (tertiary/aromatic N) is 2. The fourth-order valence-corrected chi connectivity index (χ4v) is 5.32. The summed E-state index contributed by atoms with van der Waals surface area (Å²) in [5.41, 5.74) is 6.09. The molecule has 4 atom stereocenters. The normalized spacial score (nSPS) is 26.3. The number of benzene rings is 2. The SMILES string of the molecule is Cc1ccc(-c2cc([C@@H]3C4CCC(C[C@@H]3c3ccc(C)cc3)N4C)on2)cc1.Cl. The van der Waals surface area contributed by atoms with Crippen LogP contribution in [-0.4, -0.2) is 29.2 Å². The number of halogens is 1. The van der Waals surface area contributed by atoms with Crippen LogP contribution in [0.25, 0.3) is 11.3 Å². The number of hydrogen-bond donors (Lipinski definition) is 0. The van der Waals surface area contributed by atoms with Crippen LogP contribution >= 0.6 is 12.4 Å². The zero-order valence-electron chi connectivity index (χ0n) is 17.3. The van der Waals surface area contributed by atoms with Crippen LogP contribution in [0.2, 0.25) is 0 Å². The van der Waals surface area contributed by atoms with Gasteiger partial charge in [-0.3, -0.25) is 4.90 Å². The molecule has 29 heavy (non-hydrogen) atoms. The highest BCUT2D eigenvalue weighted by atomic mass is 35.5. The van der Waals surface area contributed by atoms with E-state index in [2.05, 4.69) is 85.5 Å². The van der Waals surface area contributed by atoms with E-state index >= 15 is 0 Å². The van der Waals surface area contributed by atoms with Gasteiger partial charge >= 0.3 is 0 Å². The maximum atomic E-state index is 5.99. The highest BCUT2D eigenvalue weighted by Crippen LogP contribution is 2.51. The topological polar surface area (TPSA) is 29.3 Å². The summed E-state index contributed by atoms with van der Waals surface area (Å²) in [5, 5.41) is 4.45. The van der Waals surface area contributed by atoms with Crippen molar-refractivity contribution in [3.05, 3.63) is 77.0 Å². The fourth-order valence-electron chi connectivity index (χ4n) is 5.32. The van der Waals surface area contributed by atoms with Gasteiger partial charge in [0.05, 0.1) is 0 Å². The Hall–Kier alpha value is -2.10. The minimum absolute atomic E-state index is 0. The summed E-state index contributed by atoms with van der Waals surface area (Å²) >= 11 is 0. The molecular formula is C25H29ClN2O. The predicted molar refractivity (Wildman–Crippen MR) is 120 cm³/mol. The molecule has 2 unspecified atom stereocenters. The van der Waals surface area contributed by atoms with Gasteiger partial charge in [-0.2, -0.15) is 0 Å². The van der Waals surface area contributed by atoms with Crippen LogP contribution in [0, 0.1) is 13.8 Å². The van der Waals surface area contributed by atoms with E-state index in [0.717, 1.165) is 17.0 Å². The lowest BCUT2D eigenvalue weighted by atomic mass is 9.74. The van der Waals surface area contributed by atoms with Gasteiger partial charge in [0.1, 0.15) is 11.5 Å². The van der Waals surface area contributed by atoms with E-state index in [9.17, 15) is 0 Å². The number of piperidine rings is 1. The van der Waals surface area contributed by atoms with Gasteiger partial charge in [0, 0.05) is 29.6 Å². The number of aryl methyl sites for hydroxylation is 2. The molecule has 2 fully saturated rings. The maximum absolute atomic E-state index is 5.99. The molecule has 0 spiro atoms. The zero-order valence-corrected chi connectivity index (χ0v) is 18.2. The Morgan fingerprint density at radius 1 is 0.931 bits per heavy atom. The molecule has 2 aliphatic heterocycles. The number of rotatable bonds is 3. The third-order valence-corrected chi connectivity index (χ3v) is 6.98. The first kappa shape index (κ1) is 20.2. The van der Waals surface area contributed by atoms with Crippen molar-refractivity contribution in [2.45, 2.75) is 57.0 Å². The van der Waals surface area contributed by atoms with Gasteiger partial charge in [0.25, 0.3) is 0 Å².